The number of rotatable bonds is 8. The monoisotopic (exact) mass is 541 g/mol. The van der Waals surface area contributed by atoms with Gasteiger partial charge in [0.1, 0.15) is 11.3 Å². The summed E-state index contributed by atoms with van der Waals surface area (Å²) in [6.45, 7) is 4.91. The fourth-order valence-electron chi connectivity index (χ4n) is 4.52. The second-order valence-corrected chi connectivity index (χ2v) is 10.9. The van der Waals surface area contributed by atoms with E-state index in [1.807, 2.05) is 6.92 Å². The number of aromatic nitrogens is 1. The number of fused-ring (bicyclic) bond motifs is 1. The molecule has 0 bridgehead atoms. The summed E-state index contributed by atoms with van der Waals surface area (Å²) < 4.78 is 38.4. The minimum absolute atomic E-state index is 0.0796. The Morgan fingerprint density at radius 1 is 1.11 bits per heavy atom. The number of aromatic amines is 1. The molecule has 2 aromatic carbocycles. The van der Waals surface area contributed by atoms with E-state index >= 15 is 0 Å². The van der Waals surface area contributed by atoms with Crippen molar-refractivity contribution in [3.63, 3.8) is 0 Å². The quantitative estimate of drug-likeness (QED) is 0.434. The number of sulfonamides is 1. The number of hydrogen-bond donors (Lipinski definition) is 1. The van der Waals surface area contributed by atoms with Crippen LogP contribution in [-0.4, -0.2) is 63.5 Å². The molecule has 4 rings (SSSR count). The summed E-state index contributed by atoms with van der Waals surface area (Å²) in [5.74, 6) is -0.688. The van der Waals surface area contributed by atoms with Gasteiger partial charge in [0.05, 0.1) is 29.7 Å². The Kier molecular flexibility index (Phi) is 8.05. The van der Waals surface area contributed by atoms with Crippen molar-refractivity contribution < 1.29 is 27.5 Å². The Morgan fingerprint density at radius 3 is 2.53 bits per heavy atom. The molecule has 0 spiro atoms. The number of esters is 1. The van der Waals surface area contributed by atoms with Crippen LogP contribution in [0.3, 0.4) is 0 Å². The maximum Gasteiger partial charge on any atom is 0.310 e. The Morgan fingerprint density at radius 2 is 1.84 bits per heavy atom. The van der Waals surface area contributed by atoms with Crippen molar-refractivity contribution in [2.45, 2.75) is 31.6 Å². The standard InChI is InChI=1S/C27H31N3O7S/c1-4-36-20-10-8-19(9-11-20)29(3)38(34,35)21-12-13-24-22(15-21)25(31)23(16-28-24)26(32)30-14-6-7-18(17-30)27(33)37-5-2/h8-13,15-16,18H,4-7,14,17H2,1-3H3,(H,28,31). The number of carbonyl (C=O) groups excluding carboxylic acids is 2. The van der Waals surface area contributed by atoms with E-state index in [4.69, 9.17) is 9.47 Å². The van der Waals surface area contributed by atoms with Crippen molar-refractivity contribution in [2.24, 2.45) is 5.92 Å². The molecule has 1 unspecified atom stereocenters. The van der Waals surface area contributed by atoms with E-state index in [2.05, 4.69) is 4.98 Å². The molecule has 38 heavy (non-hydrogen) atoms. The smallest absolute Gasteiger partial charge is 0.310 e. The maximum absolute atomic E-state index is 13.4. The molecule has 1 amide bonds. The lowest BCUT2D eigenvalue weighted by atomic mass is 9.97. The van der Waals surface area contributed by atoms with Crippen LogP contribution in [0.4, 0.5) is 5.69 Å². The van der Waals surface area contributed by atoms with Gasteiger partial charge >= 0.3 is 5.97 Å². The van der Waals surface area contributed by atoms with Crippen molar-refractivity contribution in [3.8, 4) is 5.75 Å². The Hall–Kier alpha value is -3.86. The zero-order valence-corrected chi connectivity index (χ0v) is 22.4. The molecule has 11 heteroatoms. The molecule has 0 aliphatic carbocycles. The molecular weight excluding hydrogens is 510 g/mol. The number of benzene rings is 2. The zero-order chi connectivity index (χ0) is 27.4. The third-order valence-electron chi connectivity index (χ3n) is 6.58. The van der Waals surface area contributed by atoms with Gasteiger partial charge in [0.15, 0.2) is 0 Å². The molecule has 1 N–H and O–H groups in total. The highest BCUT2D eigenvalue weighted by molar-refractivity contribution is 7.92. The minimum Gasteiger partial charge on any atom is -0.494 e. The molecule has 1 saturated heterocycles. The van der Waals surface area contributed by atoms with Crippen LogP contribution in [0.5, 0.6) is 5.75 Å². The summed E-state index contributed by atoms with van der Waals surface area (Å²) in [6.07, 6.45) is 2.56. The molecule has 1 aromatic heterocycles. The van der Waals surface area contributed by atoms with Gasteiger partial charge in [-0.1, -0.05) is 0 Å². The van der Waals surface area contributed by atoms with Crippen LogP contribution >= 0.6 is 0 Å². The summed E-state index contributed by atoms with van der Waals surface area (Å²) in [5.41, 5.74) is 0.129. The molecular formula is C27H31N3O7S. The average Bonchev–Trinajstić information content (AvgIpc) is 2.93. The van der Waals surface area contributed by atoms with E-state index in [-0.39, 0.29) is 35.0 Å². The molecule has 0 radical (unpaired) electrons. The molecule has 202 valence electrons. The van der Waals surface area contributed by atoms with Crippen LogP contribution in [0, 0.1) is 5.92 Å². The largest absolute Gasteiger partial charge is 0.494 e. The highest BCUT2D eigenvalue weighted by atomic mass is 32.2. The van der Waals surface area contributed by atoms with Crippen molar-refractivity contribution in [3.05, 3.63) is 64.4 Å². The van der Waals surface area contributed by atoms with Gasteiger partial charge < -0.3 is 19.4 Å². The lowest BCUT2D eigenvalue weighted by molar-refractivity contribution is -0.149. The van der Waals surface area contributed by atoms with Gasteiger partial charge in [0.2, 0.25) is 5.43 Å². The van der Waals surface area contributed by atoms with Crippen molar-refractivity contribution >= 4 is 38.5 Å². The molecule has 1 atom stereocenters. The van der Waals surface area contributed by atoms with Crippen LogP contribution < -0.4 is 14.5 Å². The third kappa shape index (κ3) is 5.38. The number of nitrogens with zero attached hydrogens (tertiary/aromatic N) is 2. The normalized spacial score (nSPS) is 15.8. The van der Waals surface area contributed by atoms with Crippen LogP contribution in [0.1, 0.15) is 37.0 Å². The first-order valence-electron chi connectivity index (χ1n) is 12.5. The third-order valence-corrected chi connectivity index (χ3v) is 8.36. The van der Waals surface area contributed by atoms with Crippen LogP contribution in [-0.2, 0) is 19.6 Å². The zero-order valence-electron chi connectivity index (χ0n) is 21.6. The summed E-state index contributed by atoms with van der Waals surface area (Å²) in [6, 6.07) is 10.8. The van der Waals surface area contributed by atoms with Gasteiger partial charge in [-0.25, -0.2) is 8.42 Å². The van der Waals surface area contributed by atoms with E-state index < -0.39 is 27.3 Å². The molecule has 1 aliphatic rings. The first-order chi connectivity index (χ1) is 18.2. The fraction of sp³-hybridized carbons (Fsp3) is 0.370. The Balaban J connectivity index is 1.63. The van der Waals surface area contributed by atoms with E-state index in [1.165, 1.54) is 36.3 Å². The first kappa shape index (κ1) is 27.2. The number of carbonyl (C=O) groups is 2. The number of amides is 1. The topological polar surface area (TPSA) is 126 Å². The van der Waals surface area contributed by atoms with Crippen molar-refractivity contribution in [1.29, 1.82) is 0 Å². The van der Waals surface area contributed by atoms with E-state index in [0.29, 0.717) is 42.9 Å². The van der Waals surface area contributed by atoms with E-state index in [1.54, 1.807) is 31.2 Å². The average molecular weight is 542 g/mol. The van der Waals surface area contributed by atoms with Gasteiger partial charge in [0, 0.05) is 37.2 Å². The van der Waals surface area contributed by atoms with Gasteiger partial charge in [-0.05, 0) is 69.2 Å². The summed E-state index contributed by atoms with van der Waals surface area (Å²) in [4.78, 5) is 43.1. The van der Waals surface area contributed by atoms with Gasteiger partial charge in [-0.15, -0.1) is 0 Å². The van der Waals surface area contributed by atoms with E-state index in [9.17, 15) is 22.8 Å². The first-order valence-corrected chi connectivity index (χ1v) is 13.9. The van der Waals surface area contributed by atoms with Crippen LogP contribution in [0.2, 0.25) is 0 Å². The van der Waals surface area contributed by atoms with Crippen LogP contribution in [0.15, 0.2) is 58.4 Å². The number of H-pyrrole nitrogens is 1. The number of nitrogens with one attached hydrogen (secondary N) is 1. The molecule has 1 aliphatic heterocycles. The predicted octanol–water partition coefficient (Wildman–Crippen LogP) is 3.17. The van der Waals surface area contributed by atoms with Crippen molar-refractivity contribution in [1.82, 2.24) is 9.88 Å². The Labute approximate surface area is 221 Å². The maximum atomic E-state index is 13.4. The highest BCUT2D eigenvalue weighted by Gasteiger charge is 2.31. The molecule has 3 aromatic rings. The Bertz CT molecular complexity index is 1500. The number of ether oxygens (including phenoxy) is 2. The minimum atomic E-state index is -4.01. The number of hydrogen-bond acceptors (Lipinski definition) is 7. The van der Waals surface area contributed by atoms with E-state index in [0.717, 1.165) is 4.31 Å². The SMILES string of the molecule is CCOC(=O)C1CCCN(C(=O)c2c[nH]c3ccc(S(=O)(=O)N(C)c4ccc(OCC)cc4)cc3c2=O)C1. The lowest BCUT2D eigenvalue weighted by Crippen LogP contribution is -2.44. The summed E-state index contributed by atoms with van der Waals surface area (Å²) in [5, 5.41) is 0.0796. The van der Waals surface area contributed by atoms with Crippen molar-refractivity contribution in [2.75, 3.05) is 37.7 Å². The van der Waals surface area contributed by atoms with Gasteiger partial charge in [0.25, 0.3) is 15.9 Å². The van der Waals surface area contributed by atoms with Crippen LogP contribution in [0.25, 0.3) is 10.9 Å². The molecule has 0 saturated carbocycles. The number of pyridine rings is 1. The number of likely N-dealkylation sites (tertiary alicyclic amines) is 1. The highest BCUT2D eigenvalue weighted by Crippen LogP contribution is 2.26. The lowest BCUT2D eigenvalue weighted by Gasteiger charge is -2.31. The fourth-order valence-corrected chi connectivity index (χ4v) is 5.74. The molecule has 2 heterocycles. The second kappa shape index (κ2) is 11.3. The van der Waals surface area contributed by atoms with Gasteiger partial charge in [-0.3, -0.25) is 18.7 Å². The molecule has 10 nitrogen and oxygen atoms in total. The number of anilines is 1. The summed E-state index contributed by atoms with van der Waals surface area (Å²) in [7, 11) is -2.58. The number of piperidine rings is 1. The second-order valence-electron chi connectivity index (χ2n) is 8.98. The van der Waals surface area contributed by atoms with Gasteiger partial charge in [-0.2, -0.15) is 0 Å². The predicted molar refractivity (Wildman–Crippen MR) is 143 cm³/mol. The molecule has 1 fully saturated rings. The summed E-state index contributed by atoms with van der Waals surface area (Å²) >= 11 is 0.